The van der Waals surface area contributed by atoms with E-state index in [1.807, 2.05) is 24.3 Å². The standard InChI is InChI=1S/C24H22ClFN6O/c25-19-10-15(11-20(26)23(19)33)14-1-2-21-18(9-14)22(3-6-28-21)31-17-12-29-24(30-13-17)32-7-4-16(27)5-8-32/h1-3,6,9-13,16,33H,4-5,7-8,27H2,(H,28,31). The number of rotatable bonds is 4. The van der Waals surface area contributed by atoms with Crippen molar-refractivity contribution in [1.82, 2.24) is 15.0 Å². The maximum atomic E-state index is 14.0. The van der Waals surface area contributed by atoms with Crippen LogP contribution in [-0.2, 0) is 0 Å². The zero-order valence-electron chi connectivity index (χ0n) is 17.7. The highest BCUT2D eigenvalue weighted by Gasteiger charge is 2.18. The Kier molecular flexibility index (Phi) is 5.70. The molecule has 1 saturated heterocycles. The highest BCUT2D eigenvalue weighted by molar-refractivity contribution is 6.32. The minimum Gasteiger partial charge on any atom is -0.504 e. The Bertz CT molecular complexity index is 1290. The number of nitrogens with zero attached hydrogens (tertiary/aromatic N) is 4. The summed E-state index contributed by atoms with van der Waals surface area (Å²) in [5, 5.41) is 13.8. The molecule has 1 fully saturated rings. The van der Waals surface area contributed by atoms with E-state index < -0.39 is 11.6 Å². The van der Waals surface area contributed by atoms with Crippen LogP contribution in [0.25, 0.3) is 22.0 Å². The fourth-order valence-corrected chi connectivity index (χ4v) is 4.18. The van der Waals surface area contributed by atoms with Gasteiger partial charge in [0, 0.05) is 36.4 Å². The van der Waals surface area contributed by atoms with E-state index in [1.54, 1.807) is 18.6 Å². The number of halogens is 2. The Morgan fingerprint density at radius 1 is 1.03 bits per heavy atom. The monoisotopic (exact) mass is 464 g/mol. The minimum absolute atomic E-state index is 0.0393. The number of hydrogen-bond acceptors (Lipinski definition) is 7. The van der Waals surface area contributed by atoms with Gasteiger partial charge in [-0.3, -0.25) is 4.98 Å². The number of anilines is 3. The van der Waals surface area contributed by atoms with Crippen LogP contribution in [-0.4, -0.2) is 39.2 Å². The molecule has 2 aromatic carbocycles. The third-order valence-electron chi connectivity index (χ3n) is 5.83. The number of piperidine rings is 1. The van der Waals surface area contributed by atoms with Crippen molar-refractivity contribution in [2.75, 3.05) is 23.3 Å². The minimum atomic E-state index is -0.768. The molecule has 0 amide bonds. The predicted octanol–water partition coefficient (Wildman–Crippen LogP) is 4.86. The second-order valence-electron chi connectivity index (χ2n) is 8.10. The average Bonchev–Trinajstić information content (AvgIpc) is 2.83. The molecule has 0 radical (unpaired) electrons. The van der Waals surface area contributed by atoms with E-state index in [4.69, 9.17) is 17.3 Å². The summed E-state index contributed by atoms with van der Waals surface area (Å²) >= 11 is 5.96. The van der Waals surface area contributed by atoms with E-state index in [-0.39, 0.29) is 11.1 Å². The molecule has 5 rings (SSSR count). The summed E-state index contributed by atoms with van der Waals surface area (Å²) in [4.78, 5) is 15.6. The maximum Gasteiger partial charge on any atom is 0.225 e. The number of benzene rings is 2. The second kappa shape index (κ2) is 8.80. The third-order valence-corrected chi connectivity index (χ3v) is 6.12. The van der Waals surface area contributed by atoms with Crippen molar-refractivity contribution >= 4 is 39.8 Å². The number of nitrogens with two attached hydrogens (primary N) is 1. The lowest BCUT2D eigenvalue weighted by Crippen LogP contribution is -2.40. The molecule has 9 heteroatoms. The summed E-state index contributed by atoms with van der Waals surface area (Å²) in [5.74, 6) is -0.628. The first-order valence-corrected chi connectivity index (χ1v) is 11.0. The first kappa shape index (κ1) is 21.4. The average molecular weight is 465 g/mol. The largest absolute Gasteiger partial charge is 0.504 e. The Labute approximate surface area is 195 Å². The molecule has 1 aliphatic rings. The van der Waals surface area contributed by atoms with Gasteiger partial charge in [0.15, 0.2) is 11.6 Å². The molecule has 33 heavy (non-hydrogen) atoms. The Balaban J connectivity index is 1.43. The number of nitrogens with one attached hydrogen (secondary N) is 1. The number of phenols is 1. The summed E-state index contributed by atoms with van der Waals surface area (Å²) in [6, 6.07) is 10.5. The molecular formula is C24H22ClFN6O. The lowest BCUT2D eigenvalue weighted by molar-refractivity contribution is 0.433. The summed E-state index contributed by atoms with van der Waals surface area (Å²) in [5.41, 5.74) is 9.61. The van der Waals surface area contributed by atoms with Crippen LogP contribution in [0.4, 0.5) is 21.7 Å². The first-order valence-electron chi connectivity index (χ1n) is 10.6. The Morgan fingerprint density at radius 2 is 1.79 bits per heavy atom. The van der Waals surface area contributed by atoms with E-state index in [0.717, 1.165) is 53.8 Å². The van der Waals surface area contributed by atoms with Crippen molar-refractivity contribution in [2.24, 2.45) is 5.73 Å². The van der Waals surface area contributed by atoms with Crippen LogP contribution in [0, 0.1) is 5.82 Å². The van der Waals surface area contributed by atoms with Crippen molar-refractivity contribution in [3.8, 4) is 16.9 Å². The van der Waals surface area contributed by atoms with E-state index in [9.17, 15) is 9.50 Å². The van der Waals surface area contributed by atoms with Crippen molar-refractivity contribution in [2.45, 2.75) is 18.9 Å². The summed E-state index contributed by atoms with van der Waals surface area (Å²) < 4.78 is 14.0. The molecule has 0 atom stereocenters. The summed E-state index contributed by atoms with van der Waals surface area (Å²) in [6.45, 7) is 1.71. The number of pyridine rings is 1. The molecule has 3 heterocycles. The van der Waals surface area contributed by atoms with Gasteiger partial charge >= 0.3 is 0 Å². The Hall–Kier alpha value is -3.49. The second-order valence-corrected chi connectivity index (χ2v) is 8.51. The fraction of sp³-hybridized carbons (Fsp3) is 0.208. The predicted molar refractivity (Wildman–Crippen MR) is 129 cm³/mol. The van der Waals surface area contributed by atoms with E-state index in [2.05, 4.69) is 25.2 Å². The normalized spacial score (nSPS) is 14.6. The van der Waals surface area contributed by atoms with Gasteiger partial charge in [-0.1, -0.05) is 17.7 Å². The van der Waals surface area contributed by atoms with E-state index in [0.29, 0.717) is 11.5 Å². The molecule has 168 valence electrons. The molecule has 2 aromatic heterocycles. The van der Waals surface area contributed by atoms with Gasteiger partial charge in [0.05, 0.1) is 28.6 Å². The number of aromatic nitrogens is 3. The molecule has 4 aromatic rings. The quantitative estimate of drug-likeness (QED) is 0.396. The number of hydrogen-bond donors (Lipinski definition) is 3. The summed E-state index contributed by atoms with van der Waals surface area (Å²) in [7, 11) is 0. The van der Waals surface area contributed by atoms with Crippen molar-refractivity contribution in [1.29, 1.82) is 0 Å². The van der Waals surface area contributed by atoms with Crippen LogP contribution < -0.4 is 16.0 Å². The zero-order chi connectivity index (χ0) is 22.9. The zero-order valence-corrected chi connectivity index (χ0v) is 18.4. The van der Waals surface area contributed by atoms with Gasteiger partial charge in [0.1, 0.15) is 0 Å². The van der Waals surface area contributed by atoms with E-state index in [1.165, 1.54) is 12.1 Å². The lowest BCUT2D eigenvalue weighted by Gasteiger charge is -2.30. The van der Waals surface area contributed by atoms with Crippen LogP contribution in [0.5, 0.6) is 5.75 Å². The molecule has 4 N–H and O–H groups in total. The van der Waals surface area contributed by atoms with Gasteiger partial charge in [0.25, 0.3) is 0 Å². The molecule has 7 nitrogen and oxygen atoms in total. The first-order chi connectivity index (χ1) is 16.0. The molecule has 1 aliphatic heterocycles. The third kappa shape index (κ3) is 4.40. The van der Waals surface area contributed by atoms with Crippen LogP contribution in [0.15, 0.2) is 55.0 Å². The van der Waals surface area contributed by atoms with Crippen LogP contribution >= 0.6 is 11.6 Å². The van der Waals surface area contributed by atoms with Crippen LogP contribution in [0.2, 0.25) is 5.02 Å². The van der Waals surface area contributed by atoms with Gasteiger partial charge in [0.2, 0.25) is 5.95 Å². The van der Waals surface area contributed by atoms with Gasteiger partial charge in [-0.15, -0.1) is 0 Å². The topological polar surface area (TPSA) is 100 Å². The van der Waals surface area contributed by atoms with Gasteiger partial charge < -0.3 is 21.1 Å². The van der Waals surface area contributed by atoms with Crippen LogP contribution in [0.3, 0.4) is 0 Å². The highest BCUT2D eigenvalue weighted by Crippen LogP contribution is 2.35. The van der Waals surface area contributed by atoms with E-state index >= 15 is 0 Å². The Morgan fingerprint density at radius 3 is 2.52 bits per heavy atom. The van der Waals surface area contributed by atoms with Gasteiger partial charge in [-0.05, 0) is 54.3 Å². The molecule has 0 spiro atoms. The van der Waals surface area contributed by atoms with Crippen molar-refractivity contribution < 1.29 is 9.50 Å². The molecule has 0 bridgehead atoms. The van der Waals surface area contributed by atoms with Gasteiger partial charge in [-0.25, -0.2) is 14.4 Å². The smallest absolute Gasteiger partial charge is 0.225 e. The highest BCUT2D eigenvalue weighted by atomic mass is 35.5. The van der Waals surface area contributed by atoms with Crippen LogP contribution in [0.1, 0.15) is 12.8 Å². The lowest BCUT2D eigenvalue weighted by atomic mass is 10.0. The summed E-state index contributed by atoms with van der Waals surface area (Å²) in [6.07, 6.45) is 7.09. The van der Waals surface area contributed by atoms with Gasteiger partial charge in [-0.2, -0.15) is 0 Å². The molecule has 0 saturated carbocycles. The molecular weight excluding hydrogens is 443 g/mol. The van der Waals surface area contributed by atoms with Crippen molar-refractivity contribution in [3.63, 3.8) is 0 Å². The number of fused-ring (bicyclic) bond motifs is 1. The maximum absolute atomic E-state index is 14.0. The van der Waals surface area contributed by atoms with Crippen molar-refractivity contribution in [3.05, 3.63) is 65.8 Å². The number of aromatic hydroxyl groups is 1. The molecule has 0 unspecified atom stereocenters. The molecule has 0 aliphatic carbocycles. The number of phenolic OH excluding ortho intramolecular Hbond substituents is 1. The SMILES string of the molecule is NC1CCN(c2ncc(Nc3ccnc4ccc(-c5cc(F)c(O)c(Cl)c5)cc34)cn2)CC1. The fourth-order valence-electron chi connectivity index (χ4n) is 3.97.